The van der Waals surface area contributed by atoms with E-state index in [0.29, 0.717) is 29.3 Å². The largest absolute Gasteiger partial charge is 0.477 e. The Labute approximate surface area is 260 Å². The third kappa shape index (κ3) is 5.16. The predicted octanol–water partition coefficient (Wildman–Crippen LogP) is 0.974. The van der Waals surface area contributed by atoms with Crippen LogP contribution in [-0.2, 0) is 27.5 Å². The lowest BCUT2D eigenvalue weighted by Gasteiger charge is -2.49. The van der Waals surface area contributed by atoms with Crippen molar-refractivity contribution in [3.05, 3.63) is 64.0 Å². The van der Waals surface area contributed by atoms with Crippen molar-refractivity contribution in [2.24, 2.45) is 27.5 Å². The number of thiazole rings is 1. The molecule has 0 unspecified atom stereocenters. The number of guanidine groups is 1. The van der Waals surface area contributed by atoms with Gasteiger partial charge >= 0.3 is 11.6 Å². The summed E-state index contributed by atoms with van der Waals surface area (Å²) in [5, 5.41) is 22.1. The van der Waals surface area contributed by atoms with Crippen molar-refractivity contribution < 1.29 is 33.7 Å². The van der Waals surface area contributed by atoms with Gasteiger partial charge in [0.2, 0.25) is 5.91 Å². The Balaban J connectivity index is 1.19. The molecular weight excluding hydrogens is 636 g/mol. The molecule has 2 aliphatic rings. The smallest absolute Gasteiger partial charge is 0.352 e. The number of ketones is 1. The van der Waals surface area contributed by atoms with Crippen LogP contribution in [0.1, 0.15) is 17.9 Å². The lowest BCUT2D eigenvalue weighted by Crippen LogP contribution is -2.62. The van der Waals surface area contributed by atoms with Gasteiger partial charge in [0.1, 0.15) is 46.2 Å². The van der Waals surface area contributed by atoms with Gasteiger partial charge in [-0.3, -0.25) is 14.5 Å². The number of β-lactam (4-membered cyclic amide) rings is 1. The number of hydrogen-bond donors (Lipinski definition) is 5. The second-order valence-corrected chi connectivity index (χ2v) is 12.6. The number of hydrogen-bond acceptors (Lipinski definition) is 11. The molecule has 1 saturated heterocycles. The number of anilines is 1. The first-order valence-corrected chi connectivity index (χ1v) is 15.1. The summed E-state index contributed by atoms with van der Waals surface area (Å²) in [6.45, 7) is 0.599. The van der Waals surface area contributed by atoms with Crippen molar-refractivity contribution in [2.45, 2.75) is 24.9 Å². The minimum atomic E-state index is -1.24. The van der Waals surface area contributed by atoms with Gasteiger partial charge in [0, 0.05) is 18.2 Å². The summed E-state index contributed by atoms with van der Waals surface area (Å²) in [6, 6.07) is 3.60. The van der Waals surface area contributed by atoms with Crippen LogP contribution in [0.4, 0.5) is 10.8 Å². The van der Waals surface area contributed by atoms with Crippen molar-refractivity contribution in [2.75, 3.05) is 11.5 Å². The number of imidazole rings is 1. The fourth-order valence-corrected chi connectivity index (χ4v) is 7.59. The molecule has 6 rings (SSSR count). The monoisotopic (exact) mass is 659 g/mol. The number of rotatable bonds is 10. The Kier molecular flexibility index (Phi) is 7.56. The van der Waals surface area contributed by atoms with Gasteiger partial charge in [0.25, 0.3) is 0 Å². The van der Waals surface area contributed by atoms with Crippen LogP contribution >= 0.6 is 34.7 Å². The molecule has 0 saturated carbocycles. The van der Waals surface area contributed by atoms with E-state index >= 15 is 0 Å². The maximum Gasteiger partial charge on any atom is 0.352 e. The molecule has 4 aromatic heterocycles. The zero-order valence-corrected chi connectivity index (χ0v) is 24.9. The number of carbonyl (C=O) groups excluding carboxylic acids is 2. The molecule has 0 bridgehead atoms. The molecule has 16 nitrogen and oxygen atoms in total. The number of furan rings is 1. The number of aromatic nitrogens is 4. The van der Waals surface area contributed by atoms with Crippen molar-refractivity contribution in [3.8, 4) is 0 Å². The standard InChI is InChI=1S/C25H23ClN10O6S2/c26-20-18(31-25(29)44-20)17(32-41)15(37)6-14-21(38)36-19(23(39)40)11(10-43-22(14)36)7-34-2-1-16-33(3-4-35(16)34)8-13-5-12(9-42-13)30-24(27)28/h1-5,9,14,22H,6-8,10H2,(H7-,27,28,29,30,31,37,39,40,41)/p+1/t14-,22-/m1/s1. The molecule has 19 heteroatoms. The van der Waals surface area contributed by atoms with Gasteiger partial charge < -0.3 is 31.9 Å². The van der Waals surface area contributed by atoms with E-state index in [1.165, 1.54) is 22.9 Å². The van der Waals surface area contributed by atoms with E-state index in [4.69, 9.17) is 33.2 Å². The highest BCUT2D eigenvalue weighted by Crippen LogP contribution is 2.45. The maximum atomic E-state index is 13.2. The number of oxime groups is 1. The highest BCUT2D eigenvalue weighted by atomic mass is 35.5. The van der Waals surface area contributed by atoms with Crippen LogP contribution in [0.5, 0.6) is 0 Å². The molecule has 4 aromatic rings. The topological polar surface area (TPSA) is 237 Å². The average molecular weight is 660 g/mol. The highest BCUT2D eigenvalue weighted by molar-refractivity contribution is 8.00. The molecule has 1 amide bonds. The summed E-state index contributed by atoms with van der Waals surface area (Å²) in [7, 11) is 0. The SMILES string of the molecule is NC(N)=Nc1coc(C[n+]2ccn3c2ccn3CC2=C(C(=O)O)N3C(=O)[C@@H](CC(=O)/C(=N\O)c4nc(N)sc4Cl)[C@H]3SC2)c1. The van der Waals surface area contributed by atoms with Gasteiger partial charge in [-0.25, -0.2) is 24.0 Å². The van der Waals surface area contributed by atoms with E-state index in [2.05, 4.69) is 15.1 Å². The second-order valence-electron chi connectivity index (χ2n) is 9.87. The Morgan fingerprint density at radius 2 is 2.09 bits per heavy atom. The number of carboxylic acids is 1. The van der Waals surface area contributed by atoms with Gasteiger partial charge in [-0.1, -0.05) is 28.1 Å². The van der Waals surface area contributed by atoms with Gasteiger partial charge in [-0.15, -0.1) is 16.3 Å². The molecule has 0 spiro atoms. The Bertz CT molecular complexity index is 1920. The first-order chi connectivity index (χ1) is 21.0. The number of nitrogens with two attached hydrogens (primary N) is 3. The summed E-state index contributed by atoms with van der Waals surface area (Å²) < 4.78 is 11.2. The number of Topliss-reactive ketones (excluding diaryl/α,β-unsaturated/α-hetero) is 1. The summed E-state index contributed by atoms with van der Waals surface area (Å²) in [6.07, 6.45) is 6.63. The third-order valence-electron chi connectivity index (χ3n) is 7.12. The molecule has 2 atom stereocenters. The number of thioether (sulfide) groups is 1. The normalized spacial score (nSPS) is 18.4. The van der Waals surface area contributed by atoms with Crippen LogP contribution in [0.2, 0.25) is 4.34 Å². The summed E-state index contributed by atoms with van der Waals surface area (Å²) in [5.74, 6) is -2.37. The molecular formula is C25H24ClN10O6S2+. The van der Waals surface area contributed by atoms with E-state index in [9.17, 15) is 24.7 Å². The zero-order chi connectivity index (χ0) is 31.3. The van der Waals surface area contributed by atoms with Gasteiger partial charge in [-0.05, 0) is 5.57 Å². The van der Waals surface area contributed by atoms with E-state index in [1.807, 2.05) is 38.4 Å². The van der Waals surface area contributed by atoms with E-state index < -0.39 is 34.7 Å². The number of nitrogen functional groups attached to an aromatic ring is 1. The molecule has 0 aliphatic carbocycles. The second kappa shape index (κ2) is 11.4. The van der Waals surface area contributed by atoms with Crippen molar-refractivity contribution >= 4 is 80.5 Å². The lowest BCUT2D eigenvalue weighted by molar-refractivity contribution is -0.663. The Morgan fingerprint density at radius 1 is 1.30 bits per heavy atom. The summed E-state index contributed by atoms with van der Waals surface area (Å²) in [4.78, 5) is 47.7. The Hall–Kier alpha value is -4.81. The molecule has 2 aliphatic heterocycles. The number of carboxylic acid groups (broad SMARTS) is 1. The number of aliphatic imine (C=N–C) groups is 1. The van der Waals surface area contributed by atoms with E-state index in [-0.39, 0.29) is 39.8 Å². The van der Waals surface area contributed by atoms with Crippen LogP contribution in [0.3, 0.4) is 0 Å². The van der Waals surface area contributed by atoms with Crippen LogP contribution in [0.25, 0.3) is 5.65 Å². The number of halogens is 1. The lowest BCUT2D eigenvalue weighted by atomic mass is 9.89. The number of aliphatic carboxylic acids is 1. The van der Waals surface area contributed by atoms with Gasteiger partial charge in [0.15, 0.2) is 28.8 Å². The first-order valence-electron chi connectivity index (χ1n) is 12.9. The fourth-order valence-electron chi connectivity index (χ4n) is 5.26. The van der Waals surface area contributed by atoms with Crippen LogP contribution in [-0.4, -0.2) is 69.9 Å². The molecule has 0 radical (unpaired) electrons. The maximum absolute atomic E-state index is 13.2. The fraction of sp³-hybridized carbons (Fsp3) is 0.240. The van der Waals surface area contributed by atoms with Crippen LogP contribution in [0, 0.1) is 5.92 Å². The van der Waals surface area contributed by atoms with Crippen LogP contribution < -0.4 is 21.8 Å². The minimum absolute atomic E-state index is 0.0702. The number of fused-ring (bicyclic) bond motifs is 2. The van der Waals surface area contributed by atoms with E-state index in [0.717, 1.165) is 17.0 Å². The first kappa shape index (κ1) is 29.3. The van der Waals surface area contributed by atoms with Crippen molar-refractivity contribution in [1.29, 1.82) is 0 Å². The average Bonchev–Trinajstić information content (AvgIpc) is 3.75. The summed E-state index contributed by atoms with van der Waals surface area (Å²) in [5.41, 5.74) is 17.7. The van der Waals surface area contributed by atoms with Gasteiger partial charge in [-0.2, -0.15) is 0 Å². The van der Waals surface area contributed by atoms with E-state index in [1.54, 1.807) is 6.07 Å². The molecule has 1 fully saturated rings. The molecule has 6 heterocycles. The number of nitrogens with zero attached hydrogens (tertiary/aromatic N) is 7. The Morgan fingerprint density at radius 3 is 2.77 bits per heavy atom. The molecule has 0 aromatic carbocycles. The third-order valence-corrected chi connectivity index (χ3v) is 9.60. The van der Waals surface area contributed by atoms with Gasteiger partial charge in [0.05, 0.1) is 30.1 Å². The molecule has 8 N–H and O–H groups in total. The van der Waals surface area contributed by atoms with Crippen LogP contribution in [0.15, 0.2) is 62.8 Å². The van der Waals surface area contributed by atoms with Crippen molar-refractivity contribution in [1.82, 2.24) is 19.1 Å². The number of carbonyl (C=O) groups is 3. The number of amides is 1. The summed E-state index contributed by atoms with van der Waals surface area (Å²) >= 11 is 8.34. The predicted molar refractivity (Wildman–Crippen MR) is 160 cm³/mol. The molecule has 44 heavy (non-hydrogen) atoms. The molecule has 228 valence electrons. The van der Waals surface area contributed by atoms with Crippen molar-refractivity contribution in [3.63, 3.8) is 0 Å². The zero-order valence-electron chi connectivity index (χ0n) is 22.5. The minimum Gasteiger partial charge on any atom is -0.477 e. The highest BCUT2D eigenvalue weighted by Gasteiger charge is 2.54. The quantitative estimate of drug-likeness (QED) is 0.0401.